The van der Waals surface area contributed by atoms with Gasteiger partial charge < -0.3 is 14.8 Å². The highest BCUT2D eigenvalue weighted by atomic mass is 16.6. The molecule has 3 aliphatic heterocycles. The molecule has 1 aromatic carbocycles. The van der Waals surface area contributed by atoms with Crippen LogP contribution in [0.15, 0.2) is 12.1 Å². The number of hydrogen-bond donors (Lipinski definition) is 2. The lowest BCUT2D eigenvalue weighted by atomic mass is 9.96. The standard InChI is InChI=1S/C12H10N2O4/c15-10-6-1-2-7-9(8(6)11(16)14-10)17-5-12(18-7)3-13-4-12/h1-2,13H,3-5H2,(H,14,15,16). The van der Waals surface area contributed by atoms with Gasteiger partial charge >= 0.3 is 0 Å². The second-order valence-corrected chi connectivity index (χ2v) is 4.78. The number of carbonyl (C=O) groups is 2. The van der Waals surface area contributed by atoms with E-state index in [4.69, 9.17) is 9.47 Å². The summed E-state index contributed by atoms with van der Waals surface area (Å²) in [6.45, 7) is 1.86. The fraction of sp³-hybridized carbons (Fsp3) is 0.333. The first-order valence-corrected chi connectivity index (χ1v) is 5.74. The molecule has 18 heavy (non-hydrogen) atoms. The number of ether oxygens (including phenoxy) is 2. The summed E-state index contributed by atoms with van der Waals surface area (Å²) in [6.07, 6.45) is 0. The van der Waals surface area contributed by atoms with Crippen LogP contribution in [0.3, 0.4) is 0 Å². The van der Waals surface area contributed by atoms with Gasteiger partial charge in [-0.05, 0) is 12.1 Å². The molecule has 0 aromatic heterocycles. The molecule has 92 valence electrons. The Morgan fingerprint density at radius 1 is 1.17 bits per heavy atom. The maximum absolute atomic E-state index is 11.7. The zero-order chi connectivity index (χ0) is 12.3. The second-order valence-electron chi connectivity index (χ2n) is 4.78. The maximum atomic E-state index is 11.7. The Labute approximate surface area is 102 Å². The first-order valence-electron chi connectivity index (χ1n) is 5.74. The number of nitrogens with one attached hydrogen (secondary N) is 2. The Morgan fingerprint density at radius 3 is 2.72 bits per heavy atom. The van der Waals surface area contributed by atoms with Gasteiger partial charge in [-0.15, -0.1) is 0 Å². The molecule has 6 nitrogen and oxygen atoms in total. The van der Waals surface area contributed by atoms with E-state index in [2.05, 4.69) is 10.6 Å². The van der Waals surface area contributed by atoms with E-state index in [1.165, 1.54) is 0 Å². The molecule has 4 rings (SSSR count). The number of hydrogen-bond acceptors (Lipinski definition) is 5. The minimum atomic E-state index is -0.418. The second kappa shape index (κ2) is 3.02. The first kappa shape index (κ1) is 9.90. The molecule has 1 fully saturated rings. The molecule has 1 spiro atoms. The van der Waals surface area contributed by atoms with Crippen molar-refractivity contribution >= 4 is 11.8 Å². The lowest BCUT2D eigenvalue weighted by Gasteiger charge is -2.45. The number of carbonyl (C=O) groups excluding carboxylic acids is 2. The van der Waals surface area contributed by atoms with Gasteiger partial charge in [-0.25, -0.2) is 0 Å². The Kier molecular flexibility index (Phi) is 1.66. The predicted octanol–water partition coefficient (Wildman–Crippen LogP) is -0.317. The van der Waals surface area contributed by atoms with Crippen molar-refractivity contribution in [3.63, 3.8) is 0 Å². The molecule has 1 saturated heterocycles. The summed E-state index contributed by atoms with van der Waals surface area (Å²) in [5.74, 6) is 0.116. The van der Waals surface area contributed by atoms with Crippen LogP contribution in [0.4, 0.5) is 0 Å². The van der Waals surface area contributed by atoms with E-state index in [9.17, 15) is 9.59 Å². The average molecular weight is 246 g/mol. The van der Waals surface area contributed by atoms with Crippen molar-refractivity contribution in [3.8, 4) is 11.5 Å². The van der Waals surface area contributed by atoms with Crippen LogP contribution >= 0.6 is 0 Å². The molecule has 0 unspecified atom stereocenters. The van der Waals surface area contributed by atoms with E-state index in [-0.39, 0.29) is 11.5 Å². The van der Waals surface area contributed by atoms with Crippen molar-refractivity contribution in [1.29, 1.82) is 0 Å². The van der Waals surface area contributed by atoms with Crippen LogP contribution in [0.1, 0.15) is 20.7 Å². The van der Waals surface area contributed by atoms with Crippen LogP contribution in [-0.4, -0.2) is 37.1 Å². The summed E-state index contributed by atoms with van der Waals surface area (Å²) < 4.78 is 11.6. The van der Waals surface area contributed by atoms with Crippen LogP contribution in [0.5, 0.6) is 11.5 Å². The lowest BCUT2D eigenvalue weighted by Crippen LogP contribution is -2.67. The van der Waals surface area contributed by atoms with Crippen LogP contribution < -0.4 is 20.1 Å². The number of benzene rings is 1. The van der Waals surface area contributed by atoms with E-state index in [0.717, 1.165) is 13.1 Å². The Morgan fingerprint density at radius 2 is 2.00 bits per heavy atom. The van der Waals surface area contributed by atoms with Crippen molar-refractivity contribution in [2.75, 3.05) is 19.7 Å². The van der Waals surface area contributed by atoms with Gasteiger partial charge in [-0.3, -0.25) is 14.9 Å². The summed E-state index contributed by atoms with van der Waals surface area (Å²) in [4.78, 5) is 23.2. The largest absolute Gasteiger partial charge is 0.485 e. The highest BCUT2D eigenvalue weighted by molar-refractivity contribution is 6.23. The average Bonchev–Trinajstić information content (AvgIpc) is 2.62. The normalized spacial score (nSPS) is 22.4. The smallest absolute Gasteiger partial charge is 0.262 e. The maximum Gasteiger partial charge on any atom is 0.262 e. The molecule has 3 aliphatic rings. The Hall–Kier alpha value is -2.08. The van der Waals surface area contributed by atoms with E-state index < -0.39 is 5.91 Å². The topological polar surface area (TPSA) is 76.7 Å². The summed E-state index contributed by atoms with van der Waals surface area (Å²) in [5.41, 5.74) is 0.324. The van der Waals surface area contributed by atoms with Gasteiger partial charge in [0.1, 0.15) is 6.61 Å². The van der Waals surface area contributed by atoms with Crippen LogP contribution in [0.25, 0.3) is 0 Å². The van der Waals surface area contributed by atoms with Gasteiger partial charge in [0.15, 0.2) is 17.1 Å². The van der Waals surface area contributed by atoms with Crippen LogP contribution in [0, 0.1) is 0 Å². The summed E-state index contributed by atoms with van der Waals surface area (Å²) in [7, 11) is 0. The Bertz CT molecular complexity index is 592. The van der Waals surface area contributed by atoms with E-state index in [0.29, 0.717) is 29.2 Å². The highest BCUT2D eigenvalue weighted by Gasteiger charge is 2.45. The van der Waals surface area contributed by atoms with Gasteiger partial charge in [-0.2, -0.15) is 0 Å². The number of amides is 2. The molecule has 1 aromatic rings. The number of fused-ring (bicyclic) bond motifs is 3. The first-order chi connectivity index (χ1) is 8.69. The van der Waals surface area contributed by atoms with Crippen molar-refractivity contribution < 1.29 is 19.1 Å². The third-order valence-electron chi connectivity index (χ3n) is 3.52. The van der Waals surface area contributed by atoms with Gasteiger partial charge in [0.05, 0.1) is 11.1 Å². The van der Waals surface area contributed by atoms with Crippen molar-refractivity contribution in [3.05, 3.63) is 23.3 Å². The minimum Gasteiger partial charge on any atom is -0.485 e. The monoisotopic (exact) mass is 246 g/mol. The third kappa shape index (κ3) is 1.10. The number of rotatable bonds is 0. The fourth-order valence-electron chi connectivity index (χ4n) is 2.48. The fourth-order valence-corrected chi connectivity index (χ4v) is 2.48. The van der Waals surface area contributed by atoms with E-state index in [1.807, 2.05) is 0 Å². The molecule has 2 amide bonds. The molecule has 6 heteroatoms. The molecule has 0 bridgehead atoms. The van der Waals surface area contributed by atoms with E-state index >= 15 is 0 Å². The van der Waals surface area contributed by atoms with Gasteiger partial charge in [0.25, 0.3) is 11.8 Å². The SMILES string of the molecule is O=C1NC(=O)c2c1ccc1c2OCC2(CNC2)O1. The number of imide groups is 1. The molecule has 0 aliphatic carbocycles. The van der Waals surface area contributed by atoms with Gasteiger partial charge in [0, 0.05) is 13.1 Å². The van der Waals surface area contributed by atoms with Gasteiger partial charge in [-0.1, -0.05) is 0 Å². The van der Waals surface area contributed by atoms with Crippen LogP contribution in [-0.2, 0) is 0 Å². The quantitative estimate of drug-likeness (QED) is 0.614. The molecule has 2 N–H and O–H groups in total. The summed E-state index contributed by atoms with van der Waals surface area (Å²) >= 11 is 0. The van der Waals surface area contributed by atoms with Gasteiger partial charge in [0.2, 0.25) is 0 Å². The minimum absolute atomic E-state index is 0.291. The summed E-state index contributed by atoms with van der Waals surface area (Å²) in [5, 5.41) is 5.39. The Balaban J connectivity index is 1.84. The third-order valence-corrected chi connectivity index (χ3v) is 3.52. The van der Waals surface area contributed by atoms with Crippen molar-refractivity contribution in [2.45, 2.75) is 5.60 Å². The highest BCUT2D eigenvalue weighted by Crippen LogP contribution is 2.41. The molecule has 0 atom stereocenters. The molecule has 0 radical (unpaired) electrons. The zero-order valence-corrected chi connectivity index (χ0v) is 9.41. The molecular formula is C12H10N2O4. The molecule has 0 saturated carbocycles. The predicted molar refractivity (Wildman–Crippen MR) is 60.0 cm³/mol. The van der Waals surface area contributed by atoms with Crippen LogP contribution in [0.2, 0.25) is 0 Å². The zero-order valence-electron chi connectivity index (χ0n) is 9.41. The lowest BCUT2D eigenvalue weighted by molar-refractivity contribution is -0.0462. The van der Waals surface area contributed by atoms with E-state index in [1.54, 1.807) is 12.1 Å². The van der Waals surface area contributed by atoms with Crippen molar-refractivity contribution in [1.82, 2.24) is 10.6 Å². The van der Waals surface area contributed by atoms with Crippen molar-refractivity contribution in [2.24, 2.45) is 0 Å². The molecule has 3 heterocycles. The molecular weight excluding hydrogens is 236 g/mol. The summed E-state index contributed by atoms with van der Waals surface area (Å²) in [6, 6.07) is 3.29.